The lowest BCUT2D eigenvalue weighted by molar-refractivity contribution is 0.0993. The second kappa shape index (κ2) is 8.41. The molecule has 29 heavy (non-hydrogen) atoms. The highest BCUT2D eigenvalue weighted by atomic mass is 16.5. The number of anilines is 1. The number of carbonyl (C=O) groups excluding carboxylic acids is 1. The van der Waals surface area contributed by atoms with Crippen LogP contribution in [0.1, 0.15) is 17.4 Å². The van der Waals surface area contributed by atoms with Crippen molar-refractivity contribution in [2.75, 3.05) is 18.4 Å². The molecule has 3 aromatic heterocycles. The topological polar surface area (TPSA) is 156 Å². The summed E-state index contributed by atoms with van der Waals surface area (Å²) < 4.78 is 8.52. The first-order chi connectivity index (χ1) is 14.0. The fourth-order valence-corrected chi connectivity index (χ4v) is 2.62. The number of amides is 1. The molecular weight excluding hydrogens is 376 g/mol. The molecule has 0 saturated carbocycles. The van der Waals surface area contributed by atoms with Gasteiger partial charge in [0.05, 0.1) is 6.54 Å². The zero-order valence-electron chi connectivity index (χ0n) is 16.0. The van der Waals surface area contributed by atoms with Gasteiger partial charge in [-0.2, -0.15) is 9.97 Å². The van der Waals surface area contributed by atoms with Crippen LogP contribution < -0.4 is 27.1 Å². The molecule has 0 aliphatic heterocycles. The Balaban J connectivity index is 2.14. The molecule has 150 valence electrons. The van der Waals surface area contributed by atoms with Crippen molar-refractivity contribution in [2.24, 2.45) is 18.5 Å². The van der Waals surface area contributed by atoms with Gasteiger partial charge in [0.1, 0.15) is 0 Å². The smallest absolute Gasteiger partial charge is 0.306 e. The van der Waals surface area contributed by atoms with E-state index in [2.05, 4.69) is 32.1 Å². The van der Waals surface area contributed by atoms with Crippen LogP contribution in [-0.4, -0.2) is 43.1 Å². The van der Waals surface area contributed by atoms with E-state index in [1.54, 1.807) is 17.6 Å². The highest BCUT2D eigenvalue weighted by molar-refractivity contribution is 5.93. The van der Waals surface area contributed by atoms with Crippen LogP contribution >= 0.6 is 0 Å². The third kappa shape index (κ3) is 3.87. The Labute approximate surface area is 165 Å². The minimum atomic E-state index is -0.762. The molecular formula is C18H20N8O3. The standard InChI is InChI=1S/C18H20N8O3/c1-3-4-10-26-13-15(23-17(26)22-9-7-19)24-18(25(2)16(13)28)29-11-6-5-8-21-12(11)14(20)27/h5-6,8H,7,9-10,19H2,1-2H3,(H2,20,27)(H,22,23). The molecule has 0 saturated heterocycles. The molecule has 3 aromatic rings. The van der Waals surface area contributed by atoms with Gasteiger partial charge in [0.25, 0.3) is 11.5 Å². The number of ether oxygens (including phenoxy) is 1. The Hall–Kier alpha value is -3.91. The summed E-state index contributed by atoms with van der Waals surface area (Å²) >= 11 is 0. The number of nitrogens with one attached hydrogen (secondary N) is 1. The molecule has 0 aliphatic carbocycles. The number of nitrogens with zero attached hydrogens (tertiary/aromatic N) is 5. The summed E-state index contributed by atoms with van der Waals surface area (Å²) in [5.74, 6) is 5.46. The molecule has 0 bridgehead atoms. The van der Waals surface area contributed by atoms with E-state index in [1.165, 1.54) is 23.9 Å². The van der Waals surface area contributed by atoms with Crippen molar-refractivity contribution < 1.29 is 9.53 Å². The van der Waals surface area contributed by atoms with Crippen LogP contribution in [0, 0.1) is 11.8 Å². The average Bonchev–Trinajstić information content (AvgIpc) is 3.06. The van der Waals surface area contributed by atoms with Gasteiger partial charge in [0.15, 0.2) is 22.6 Å². The second-order valence-corrected chi connectivity index (χ2v) is 5.91. The van der Waals surface area contributed by atoms with Gasteiger partial charge in [0.2, 0.25) is 5.95 Å². The number of pyridine rings is 1. The predicted molar refractivity (Wildman–Crippen MR) is 107 cm³/mol. The monoisotopic (exact) mass is 396 g/mol. The van der Waals surface area contributed by atoms with Crippen LogP contribution in [0.15, 0.2) is 23.1 Å². The van der Waals surface area contributed by atoms with Crippen molar-refractivity contribution in [3.8, 4) is 23.6 Å². The van der Waals surface area contributed by atoms with Crippen molar-refractivity contribution in [1.29, 1.82) is 0 Å². The van der Waals surface area contributed by atoms with E-state index in [1.807, 2.05) is 0 Å². The SMILES string of the molecule is CC#CCn1c(NCCN)nc2nc(Oc3cccnc3C(N)=O)n(C)c(=O)c21. The lowest BCUT2D eigenvalue weighted by atomic mass is 10.3. The minimum absolute atomic E-state index is 0.0606. The van der Waals surface area contributed by atoms with Crippen molar-refractivity contribution in [3.05, 3.63) is 34.4 Å². The van der Waals surface area contributed by atoms with Gasteiger partial charge in [-0.05, 0) is 19.1 Å². The highest BCUT2D eigenvalue weighted by Crippen LogP contribution is 2.23. The lowest BCUT2D eigenvalue weighted by Crippen LogP contribution is -2.23. The molecule has 0 aromatic carbocycles. The zero-order chi connectivity index (χ0) is 21.0. The van der Waals surface area contributed by atoms with E-state index in [9.17, 15) is 9.59 Å². The van der Waals surface area contributed by atoms with Gasteiger partial charge in [-0.1, -0.05) is 5.92 Å². The number of carbonyl (C=O) groups is 1. The number of fused-ring (bicyclic) bond motifs is 1. The first kappa shape index (κ1) is 19.8. The zero-order valence-corrected chi connectivity index (χ0v) is 16.0. The van der Waals surface area contributed by atoms with Gasteiger partial charge in [0, 0.05) is 26.3 Å². The van der Waals surface area contributed by atoms with Gasteiger partial charge in [-0.15, -0.1) is 5.92 Å². The van der Waals surface area contributed by atoms with Crippen LogP contribution in [0.3, 0.4) is 0 Å². The normalized spacial score (nSPS) is 10.4. The fourth-order valence-electron chi connectivity index (χ4n) is 2.62. The molecule has 3 heterocycles. The molecule has 1 amide bonds. The van der Waals surface area contributed by atoms with Gasteiger partial charge in [-0.3, -0.25) is 18.7 Å². The first-order valence-corrected chi connectivity index (χ1v) is 8.71. The maximum absolute atomic E-state index is 13.0. The van der Waals surface area contributed by atoms with Crippen LogP contribution in [0.2, 0.25) is 0 Å². The summed E-state index contributed by atoms with van der Waals surface area (Å²) in [4.78, 5) is 37.2. The van der Waals surface area contributed by atoms with E-state index in [-0.39, 0.29) is 40.7 Å². The number of hydrogen-bond acceptors (Lipinski definition) is 8. The molecule has 11 nitrogen and oxygen atoms in total. The third-order valence-corrected chi connectivity index (χ3v) is 3.99. The molecule has 0 unspecified atom stereocenters. The summed E-state index contributed by atoms with van der Waals surface area (Å²) in [6, 6.07) is 3.02. The maximum Gasteiger partial charge on any atom is 0.306 e. The Bertz CT molecular complexity index is 1190. The Morgan fingerprint density at radius 1 is 1.38 bits per heavy atom. The van der Waals surface area contributed by atoms with Crippen LogP contribution in [0.5, 0.6) is 11.8 Å². The molecule has 5 N–H and O–H groups in total. The largest absolute Gasteiger partial charge is 0.423 e. The number of primary amides is 1. The number of nitrogens with two attached hydrogens (primary N) is 2. The van der Waals surface area contributed by atoms with Crippen molar-refractivity contribution in [1.82, 2.24) is 24.1 Å². The third-order valence-electron chi connectivity index (χ3n) is 3.99. The second-order valence-electron chi connectivity index (χ2n) is 5.91. The predicted octanol–water partition coefficient (Wildman–Crippen LogP) is -0.190. The summed E-state index contributed by atoms with van der Waals surface area (Å²) in [7, 11) is 1.50. The Kier molecular flexibility index (Phi) is 5.75. The molecule has 3 rings (SSSR count). The molecule has 11 heteroatoms. The minimum Gasteiger partial charge on any atom is -0.423 e. The molecule has 0 fully saturated rings. The Morgan fingerprint density at radius 2 is 2.17 bits per heavy atom. The Morgan fingerprint density at radius 3 is 2.86 bits per heavy atom. The summed E-state index contributed by atoms with van der Waals surface area (Å²) in [5, 5.41) is 3.06. The summed E-state index contributed by atoms with van der Waals surface area (Å²) in [5.41, 5.74) is 10.9. The van der Waals surface area contributed by atoms with E-state index in [0.29, 0.717) is 19.0 Å². The summed E-state index contributed by atoms with van der Waals surface area (Å²) in [6.45, 7) is 2.81. The summed E-state index contributed by atoms with van der Waals surface area (Å²) in [6.07, 6.45) is 1.41. The fraction of sp³-hybridized carbons (Fsp3) is 0.278. The van der Waals surface area contributed by atoms with Crippen LogP contribution in [0.4, 0.5) is 5.95 Å². The molecule has 0 atom stereocenters. The quantitative estimate of drug-likeness (QED) is 0.464. The van der Waals surface area contributed by atoms with E-state index in [0.717, 1.165) is 0 Å². The van der Waals surface area contributed by atoms with Crippen molar-refractivity contribution in [3.63, 3.8) is 0 Å². The highest BCUT2D eigenvalue weighted by Gasteiger charge is 2.20. The van der Waals surface area contributed by atoms with E-state index >= 15 is 0 Å². The van der Waals surface area contributed by atoms with Gasteiger partial charge < -0.3 is 21.5 Å². The van der Waals surface area contributed by atoms with E-state index in [4.69, 9.17) is 16.2 Å². The number of hydrogen-bond donors (Lipinski definition) is 3. The first-order valence-electron chi connectivity index (χ1n) is 8.71. The van der Waals surface area contributed by atoms with Crippen LogP contribution in [0.25, 0.3) is 11.2 Å². The maximum atomic E-state index is 13.0. The number of imidazole rings is 1. The molecule has 0 aliphatic rings. The van der Waals surface area contributed by atoms with Gasteiger partial charge >= 0.3 is 6.01 Å². The van der Waals surface area contributed by atoms with Gasteiger partial charge in [-0.25, -0.2) is 4.98 Å². The molecule has 0 radical (unpaired) electrons. The molecule has 0 spiro atoms. The van der Waals surface area contributed by atoms with E-state index < -0.39 is 5.91 Å². The van der Waals surface area contributed by atoms with Crippen molar-refractivity contribution in [2.45, 2.75) is 13.5 Å². The lowest BCUT2D eigenvalue weighted by Gasteiger charge is -2.11. The van der Waals surface area contributed by atoms with Crippen LogP contribution in [-0.2, 0) is 13.6 Å². The number of aromatic nitrogens is 5. The number of rotatable bonds is 7. The van der Waals surface area contributed by atoms with Crippen molar-refractivity contribution >= 4 is 23.0 Å². The average molecular weight is 396 g/mol.